The van der Waals surface area contributed by atoms with E-state index in [4.69, 9.17) is 9.47 Å². The van der Waals surface area contributed by atoms with E-state index in [1.807, 2.05) is 0 Å². The minimum absolute atomic E-state index is 0.108. The van der Waals surface area contributed by atoms with Gasteiger partial charge in [-0.05, 0) is 51.5 Å². The van der Waals surface area contributed by atoms with Gasteiger partial charge in [0.25, 0.3) is 11.8 Å². The van der Waals surface area contributed by atoms with Crippen molar-refractivity contribution in [1.29, 1.82) is 0 Å². The fraction of sp³-hybridized carbons (Fsp3) is 0.450. The number of rotatable bonds is 4. The van der Waals surface area contributed by atoms with Gasteiger partial charge in [0.1, 0.15) is 17.4 Å². The number of benzene rings is 1. The number of ether oxygens (including phenoxy) is 2. The molecule has 2 rings (SSSR count). The van der Waals surface area contributed by atoms with Gasteiger partial charge in [-0.1, -0.05) is 6.08 Å². The first-order chi connectivity index (χ1) is 12.7. The molecule has 27 heavy (non-hydrogen) atoms. The third-order valence-electron chi connectivity index (χ3n) is 4.09. The summed E-state index contributed by atoms with van der Waals surface area (Å²) >= 11 is 0. The third kappa shape index (κ3) is 4.87. The van der Waals surface area contributed by atoms with Crippen molar-refractivity contribution in [1.82, 2.24) is 9.80 Å². The average Bonchev–Trinajstić information content (AvgIpc) is 2.61. The molecule has 0 saturated carbocycles. The zero-order chi connectivity index (χ0) is 20.2. The predicted molar refractivity (Wildman–Crippen MR) is 101 cm³/mol. The largest absolute Gasteiger partial charge is 0.497 e. The van der Waals surface area contributed by atoms with E-state index in [1.165, 1.54) is 16.9 Å². The van der Waals surface area contributed by atoms with Crippen LogP contribution in [0.5, 0.6) is 5.75 Å². The van der Waals surface area contributed by atoms with Crippen LogP contribution in [0.3, 0.4) is 0 Å². The summed E-state index contributed by atoms with van der Waals surface area (Å²) in [5.74, 6) is -0.217. The molecule has 0 N–H and O–H groups in total. The van der Waals surface area contributed by atoms with Crippen LogP contribution in [0.15, 0.2) is 36.9 Å². The molecule has 1 saturated heterocycles. The number of nitrogens with zero attached hydrogens (tertiary/aromatic N) is 2. The van der Waals surface area contributed by atoms with Crippen LogP contribution in [0.1, 0.15) is 37.6 Å². The maximum Gasteiger partial charge on any atom is 0.411 e. The molecule has 0 aromatic heterocycles. The maximum atomic E-state index is 12.9. The molecular weight excluding hydrogens is 348 g/mol. The Balaban J connectivity index is 2.20. The van der Waals surface area contributed by atoms with Gasteiger partial charge in [0.05, 0.1) is 7.11 Å². The van der Waals surface area contributed by atoms with Gasteiger partial charge in [0.15, 0.2) is 0 Å². The zero-order valence-electron chi connectivity index (χ0n) is 16.2. The fourth-order valence-electron chi connectivity index (χ4n) is 2.80. The number of hydrogen-bond donors (Lipinski definition) is 0. The van der Waals surface area contributed by atoms with Crippen molar-refractivity contribution in [2.75, 3.05) is 20.2 Å². The molecule has 1 aromatic rings. The normalized spacial score (nSPS) is 17.5. The monoisotopic (exact) mass is 374 g/mol. The van der Waals surface area contributed by atoms with Crippen LogP contribution in [-0.4, -0.2) is 59.5 Å². The molecular formula is C20H26N2O5. The lowest BCUT2D eigenvalue weighted by molar-refractivity contribution is -0.138. The average molecular weight is 374 g/mol. The minimum Gasteiger partial charge on any atom is -0.497 e. The molecule has 0 radical (unpaired) electrons. The number of methoxy groups -OCH3 is 1. The second-order valence-corrected chi connectivity index (χ2v) is 7.24. The first-order valence-electron chi connectivity index (χ1n) is 8.78. The Morgan fingerprint density at radius 3 is 2.37 bits per heavy atom. The molecule has 3 amide bonds. The highest BCUT2D eigenvalue weighted by Gasteiger charge is 2.41. The number of imide groups is 1. The molecule has 146 valence electrons. The van der Waals surface area contributed by atoms with Crippen LogP contribution in [0.2, 0.25) is 0 Å². The highest BCUT2D eigenvalue weighted by atomic mass is 16.6. The van der Waals surface area contributed by atoms with Gasteiger partial charge < -0.3 is 9.47 Å². The summed E-state index contributed by atoms with van der Waals surface area (Å²) in [5.41, 5.74) is -0.290. The smallest absolute Gasteiger partial charge is 0.411 e. The summed E-state index contributed by atoms with van der Waals surface area (Å²) in [7, 11) is 1.54. The van der Waals surface area contributed by atoms with Crippen LogP contribution in [0.25, 0.3) is 0 Å². The number of carbonyl (C=O) groups is 3. The summed E-state index contributed by atoms with van der Waals surface area (Å²) < 4.78 is 10.5. The molecule has 0 bridgehead atoms. The Morgan fingerprint density at radius 1 is 1.22 bits per heavy atom. The van der Waals surface area contributed by atoms with Crippen molar-refractivity contribution in [3.63, 3.8) is 0 Å². The van der Waals surface area contributed by atoms with Gasteiger partial charge >= 0.3 is 6.09 Å². The zero-order valence-corrected chi connectivity index (χ0v) is 16.2. The molecule has 0 spiro atoms. The maximum absolute atomic E-state index is 12.9. The molecule has 0 unspecified atom stereocenters. The van der Waals surface area contributed by atoms with Crippen molar-refractivity contribution >= 4 is 17.9 Å². The number of piperazine rings is 1. The fourth-order valence-corrected chi connectivity index (χ4v) is 2.80. The Hall–Kier alpha value is -2.83. The molecule has 1 aliphatic heterocycles. The summed E-state index contributed by atoms with van der Waals surface area (Å²) in [6.45, 7) is 9.26. The summed E-state index contributed by atoms with van der Waals surface area (Å²) in [5, 5.41) is 0. The standard InChI is InChI=1S/C20H26N2O5/c1-6-7-16-18(24)22(13-12-21(16)19(25)27-20(2,3)4)17(23)14-8-10-15(26-5)11-9-14/h6,8-11,16H,1,7,12-13H2,2-5H3/t16-/m0/s1. The molecule has 1 heterocycles. The topological polar surface area (TPSA) is 76.2 Å². The molecule has 1 atom stereocenters. The molecule has 7 nitrogen and oxygen atoms in total. The first-order valence-corrected chi connectivity index (χ1v) is 8.78. The molecule has 1 aliphatic rings. The van der Waals surface area contributed by atoms with Gasteiger partial charge in [0.2, 0.25) is 0 Å². The molecule has 0 aliphatic carbocycles. The lowest BCUT2D eigenvalue weighted by Gasteiger charge is -2.39. The van der Waals surface area contributed by atoms with E-state index in [9.17, 15) is 14.4 Å². The van der Waals surface area contributed by atoms with Crippen molar-refractivity contribution < 1.29 is 23.9 Å². The number of hydrogen-bond acceptors (Lipinski definition) is 5. The van der Waals surface area contributed by atoms with Gasteiger partial charge in [0, 0.05) is 18.7 Å². The van der Waals surface area contributed by atoms with Crippen LogP contribution in [0.4, 0.5) is 4.79 Å². The SMILES string of the molecule is C=CC[C@H]1C(=O)N(C(=O)c2ccc(OC)cc2)CCN1C(=O)OC(C)(C)C. The molecule has 1 fully saturated rings. The van der Waals surface area contributed by atoms with Crippen molar-refractivity contribution in [3.8, 4) is 5.75 Å². The summed E-state index contributed by atoms with van der Waals surface area (Å²) in [6, 6.07) is 5.73. The lowest BCUT2D eigenvalue weighted by Crippen LogP contribution is -2.60. The van der Waals surface area contributed by atoms with Crippen molar-refractivity contribution in [2.45, 2.75) is 38.8 Å². The highest BCUT2D eigenvalue weighted by molar-refractivity contribution is 6.07. The minimum atomic E-state index is -0.812. The van der Waals surface area contributed by atoms with E-state index >= 15 is 0 Å². The predicted octanol–water partition coefficient (Wildman–Crippen LogP) is 2.86. The quantitative estimate of drug-likeness (QED) is 0.598. The van der Waals surface area contributed by atoms with Crippen molar-refractivity contribution in [2.24, 2.45) is 0 Å². The van der Waals surface area contributed by atoms with E-state index in [0.717, 1.165) is 0 Å². The lowest BCUT2D eigenvalue weighted by atomic mass is 10.1. The van der Waals surface area contributed by atoms with Gasteiger partial charge in [-0.3, -0.25) is 19.4 Å². The van der Waals surface area contributed by atoms with Crippen LogP contribution < -0.4 is 4.74 Å². The van der Waals surface area contributed by atoms with Gasteiger partial charge in [-0.2, -0.15) is 0 Å². The Bertz CT molecular complexity index is 721. The second-order valence-electron chi connectivity index (χ2n) is 7.24. The number of amides is 3. The van der Waals surface area contributed by atoms with Gasteiger partial charge in [-0.25, -0.2) is 4.79 Å². The highest BCUT2D eigenvalue weighted by Crippen LogP contribution is 2.21. The van der Waals surface area contributed by atoms with Crippen LogP contribution in [-0.2, 0) is 9.53 Å². The second kappa shape index (κ2) is 8.24. The van der Waals surface area contributed by atoms with E-state index in [-0.39, 0.29) is 19.5 Å². The Labute approximate surface area is 159 Å². The van der Waals surface area contributed by atoms with E-state index in [1.54, 1.807) is 51.1 Å². The van der Waals surface area contributed by atoms with E-state index in [2.05, 4.69) is 6.58 Å². The third-order valence-corrected chi connectivity index (χ3v) is 4.09. The van der Waals surface area contributed by atoms with E-state index in [0.29, 0.717) is 11.3 Å². The summed E-state index contributed by atoms with van der Waals surface area (Å²) in [6.07, 6.45) is 1.23. The first kappa shape index (κ1) is 20.5. The number of carbonyl (C=O) groups excluding carboxylic acids is 3. The van der Waals surface area contributed by atoms with Crippen LogP contribution in [0, 0.1) is 0 Å². The molecule has 1 aromatic carbocycles. The van der Waals surface area contributed by atoms with Crippen molar-refractivity contribution in [3.05, 3.63) is 42.5 Å². The summed E-state index contributed by atoms with van der Waals surface area (Å²) in [4.78, 5) is 40.7. The molecule has 7 heteroatoms. The van der Waals surface area contributed by atoms with Crippen LogP contribution >= 0.6 is 0 Å². The van der Waals surface area contributed by atoms with Gasteiger partial charge in [-0.15, -0.1) is 6.58 Å². The Kier molecular flexibility index (Phi) is 6.25. The van der Waals surface area contributed by atoms with E-state index < -0.39 is 29.6 Å². The Morgan fingerprint density at radius 2 is 1.85 bits per heavy atom.